The first kappa shape index (κ1) is 24.4. The number of pyridine rings is 2. The second-order valence-corrected chi connectivity index (χ2v) is 10.2. The molecule has 0 spiro atoms. The van der Waals surface area contributed by atoms with E-state index in [1.807, 2.05) is 18.2 Å². The molecule has 0 aromatic carbocycles. The van der Waals surface area contributed by atoms with Crippen LogP contribution in [0.25, 0.3) is 11.0 Å². The number of rotatable bonds is 6. The third-order valence-corrected chi connectivity index (χ3v) is 7.66. The van der Waals surface area contributed by atoms with Crippen LogP contribution >= 0.6 is 0 Å². The lowest BCUT2D eigenvalue weighted by Crippen LogP contribution is -2.46. The van der Waals surface area contributed by atoms with E-state index in [4.69, 9.17) is 9.72 Å². The van der Waals surface area contributed by atoms with Gasteiger partial charge in [-0.25, -0.2) is 9.97 Å². The number of nitrogens with one attached hydrogen (secondary N) is 1. The van der Waals surface area contributed by atoms with Gasteiger partial charge < -0.3 is 19.9 Å². The first-order valence-corrected chi connectivity index (χ1v) is 13.6. The number of fused-ring (bicyclic) bond motifs is 1. The molecular weight excluding hydrogens is 440 g/mol. The predicted molar refractivity (Wildman–Crippen MR) is 139 cm³/mol. The maximum Gasteiger partial charge on any atom is 0.270 e. The molecule has 0 aliphatic carbocycles. The van der Waals surface area contributed by atoms with Crippen molar-refractivity contribution < 1.29 is 9.53 Å². The number of carbonyl (C=O) groups is 1. The summed E-state index contributed by atoms with van der Waals surface area (Å²) in [5.74, 6) is 0.945. The van der Waals surface area contributed by atoms with Crippen LogP contribution in [0.5, 0.6) is 0 Å². The molecule has 5 rings (SSSR count). The van der Waals surface area contributed by atoms with Gasteiger partial charge in [0.1, 0.15) is 11.5 Å². The minimum absolute atomic E-state index is 0.0773. The number of hydrogen-bond acceptors (Lipinski definition) is 7. The second-order valence-electron chi connectivity index (χ2n) is 10.2. The summed E-state index contributed by atoms with van der Waals surface area (Å²) in [4.78, 5) is 29.8. The van der Waals surface area contributed by atoms with Crippen LogP contribution in [0.2, 0.25) is 0 Å². The molecule has 0 unspecified atom stereocenters. The van der Waals surface area contributed by atoms with Crippen molar-refractivity contribution in [1.82, 2.24) is 25.1 Å². The molecule has 0 bridgehead atoms. The highest BCUT2D eigenvalue weighted by molar-refractivity contribution is 5.94. The summed E-state index contributed by atoms with van der Waals surface area (Å²) >= 11 is 0. The Bertz CT molecular complexity index is 961. The third-order valence-electron chi connectivity index (χ3n) is 7.66. The first-order valence-electron chi connectivity index (χ1n) is 13.6. The van der Waals surface area contributed by atoms with Crippen LogP contribution < -0.4 is 10.2 Å². The van der Waals surface area contributed by atoms with Gasteiger partial charge >= 0.3 is 0 Å². The Hall–Kier alpha value is -2.29. The Morgan fingerprint density at radius 3 is 2.31 bits per heavy atom. The summed E-state index contributed by atoms with van der Waals surface area (Å²) in [6.07, 6.45) is 8.17. The van der Waals surface area contributed by atoms with E-state index in [9.17, 15) is 4.79 Å². The molecule has 8 heteroatoms. The monoisotopic (exact) mass is 480 g/mol. The molecule has 1 amide bonds. The fourth-order valence-corrected chi connectivity index (χ4v) is 5.47. The highest BCUT2D eigenvalue weighted by Gasteiger charge is 2.22. The molecule has 2 aromatic rings. The lowest BCUT2D eigenvalue weighted by atomic mass is 10.0. The highest BCUT2D eigenvalue weighted by atomic mass is 16.5. The Kier molecular flexibility index (Phi) is 8.44. The van der Waals surface area contributed by atoms with E-state index in [-0.39, 0.29) is 11.9 Å². The summed E-state index contributed by atoms with van der Waals surface area (Å²) in [5, 5.41) is 3.22. The zero-order valence-corrected chi connectivity index (χ0v) is 21.0. The lowest BCUT2D eigenvalue weighted by molar-refractivity contribution is 0.0901. The van der Waals surface area contributed by atoms with Gasteiger partial charge in [0.05, 0.1) is 17.6 Å². The van der Waals surface area contributed by atoms with Crippen molar-refractivity contribution >= 4 is 22.8 Å². The van der Waals surface area contributed by atoms with Crippen molar-refractivity contribution in [2.45, 2.75) is 51.0 Å². The van der Waals surface area contributed by atoms with E-state index in [0.717, 1.165) is 102 Å². The minimum atomic E-state index is -0.0773. The average Bonchev–Trinajstić information content (AvgIpc) is 3.33. The molecule has 35 heavy (non-hydrogen) atoms. The van der Waals surface area contributed by atoms with E-state index in [1.165, 1.54) is 25.7 Å². The van der Waals surface area contributed by atoms with Gasteiger partial charge in [0, 0.05) is 65.0 Å². The van der Waals surface area contributed by atoms with Gasteiger partial charge in [0.2, 0.25) is 0 Å². The molecule has 5 heterocycles. The number of aromatic nitrogens is 2. The standard InChI is InChI=1S/C27H40N6O2/c34-27(28-22-10-15-32(16-11-22)18-17-31-12-5-20-35-21-19-31)25-7-6-24-23(29-25)8-9-26(30-24)33-13-3-1-2-4-14-33/h6-9,22H,1-5,10-21H2,(H,28,34). The molecule has 2 aromatic heterocycles. The fourth-order valence-electron chi connectivity index (χ4n) is 5.47. The van der Waals surface area contributed by atoms with E-state index in [0.29, 0.717) is 5.69 Å². The highest BCUT2D eigenvalue weighted by Crippen LogP contribution is 2.21. The molecule has 3 aliphatic heterocycles. The Labute approximate surface area is 209 Å². The Balaban J connectivity index is 1.11. The predicted octanol–water partition coefficient (Wildman–Crippen LogP) is 2.93. The molecule has 3 aliphatic rings. The number of nitrogens with zero attached hydrogens (tertiary/aromatic N) is 5. The summed E-state index contributed by atoms with van der Waals surface area (Å²) in [6, 6.07) is 8.03. The third kappa shape index (κ3) is 6.68. The van der Waals surface area contributed by atoms with Crippen LogP contribution in [0.15, 0.2) is 24.3 Å². The van der Waals surface area contributed by atoms with Crippen LogP contribution in [-0.2, 0) is 4.74 Å². The van der Waals surface area contributed by atoms with Crippen molar-refractivity contribution in [3.05, 3.63) is 30.0 Å². The summed E-state index contributed by atoms with van der Waals surface area (Å²) in [5.41, 5.74) is 2.12. The number of likely N-dealkylation sites (tertiary alicyclic amines) is 1. The van der Waals surface area contributed by atoms with Gasteiger partial charge in [-0.3, -0.25) is 9.69 Å². The fraction of sp³-hybridized carbons (Fsp3) is 0.667. The van der Waals surface area contributed by atoms with Gasteiger partial charge in [-0.2, -0.15) is 0 Å². The van der Waals surface area contributed by atoms with Gasteiger partial charge in [0.15, 0.2) is 0 Å². The smallest absolute Gasteiger partial charge is 0.270 e. The lowest BCUT2D eigenvalue weighted by Gasteiger charge is -2.33. The Morgan fingerprint density at radius 2 is 1.51 bits per heavy atom. The van der Waals surface area contributed by atoms with Crippen molar-refractivity contribution in [2.24, 2.45) is 0 Å². The molecule has 0 radical (unpaired) electrons. The van der Waals surface area contributed by atoms with Crippen LogP contribution in [0.1, 0.15) is 55.4 Å². The van der Waals surface area contributed by atoms with Crippen molar-refractivity contribution in [3.63, 3.8) is 0 Å². The molecular formula is C27H40N6O2. The summed E-state index contributed by atoms with van der Waals surface area (Å²) < 4.78 is 5.56. The van der Waals surface area contributed by atoms with Gasteiger partial charge in [-0.1, -0.05) is 12.8 Å². The zero-order chi connectivity index (χ0) is 23.9. The number of carbonyl (C=O) groups excluding carboxylic acids is 1. The van der Waals surface area contributed by atoms with Crippen molar-refractivity contribution in [3.8, 4) is 0 Å². The van der Waals surface area contributed by atoms with Crippen molar-refractivity contribution in [2.75, 3.05) is 70.5 Å². The molecule has 8 nitrogen and oxygen atoms in total. The second kappa shape index (κ2) is 12.1. The molecule has 1 N–H and O–H groups in total. The molecule has 0 saturated carbocycles. The van der Waals surface area contributed by atoms with E-state index in [2.05, 4.69) is 31.1 Å². The number of anilines is 1. The largest absolute Gasteiger partial charge is 0.380 e. The number of hydrogen-bond donors (Lipinski definition) is 1. The molecule has 3 fully saturated rings. The van der Waals surface area contributed by atoms with Crippen LogP contribution in [0, 0.1) is 0 Å². The molecule has 3 saturated heterocycles. The normalized spacial score (nSPS) is 21.5. The average molecular weight is 481 g/mol. The van der Waals surface area contributed by atoms with Gasteiger partial charge in [-0.15, -0.1) is 0 Å². The topological polar surface area (TPSA) is 73.8 Å². The first-order chi connectivity index (χ1) is 17.2. The molecule has 190 valence electrons. The van der Waals surface area contributed by atoms with E-state index in [1.54, 1.807) is 0 Å². The van der Waals surface area contributed by atoms with E-state index >= 15 is 0 Å². The Morgan fingerprint density at radius 1 is 0.800 bits per heavy atom. The summed E-state index contributed by atoms with van der Waals surface area (Å²) in [7, 11) is 0. The molecule has 0 atom stereocenters. The maximum absolute atomic E-state index is 12.9. The van der Waals surface area contributed by atoms with Gasteiger partial charge in [0.25, 0.3) is 5.91 Å². The van der Waals surface area contributed by atoms with Gasteiger partial charge in [-0.05, 0) is 56.4 Å². The van der Waals surface area contributed by atoms with Crippen molar-refractivity contribution in [1.29, 1.82) is 0 Å². The minimum Gasteiger partial charge on any atom is -0.380 e. The maximum atomic E-state index is 12.9. The SMILES string of the molecule is O=C(NC1CCN(CCN2CCCOCC2)CC1)c1ccc2nc(N3CCCCCC3)ccc2n1. The quantitative estimate of drug-likeness (QED) is 0.681. The zero-order valence-electron chi connectivity index (χ0n) is 21.0. The van der Waals surface area contributed by atoms with E-state index < -0.39 is 0 Å². The number of piperidine rings is 1. The van der Waals surface area contributed by atoms with Crippen LogP contribution in [0.4, 0.5) is 5.82 Å². The van der Waals surface area contributed by atoms with Crippen LogP contribution in [-0.4, -0.2) is 97.3 Å². The summed E-state index contributed by atoms with van der Waals surface area (Å²) in [6.45, 7) is 10.3. The van der Waals surface area contributed by atoms with Crippen LogP contribution in [0.3, 0.4) is 0 Å². The number of ether oxygens (including phenoxy) is 1. The number of amides is 1.